The first kappa shape index (κ1) is 16.3. The fourth-order valence-corrected chi connectivity index (χ4v) is 3.38. The van der Waals surface area contributed by atoms with Crippen molar-refractivity contribution in [1.29, 1.82) is 0 Å². The highest BCUT2D eigenvalue weighted by atomic mass is 16.2. The van der Waals surface area contributed by atoms with Gasteiger partial charge in [0.05, 0.1) is 5.54 Å². The normalized spacial score (nSPS) is 25.0. The SMILES string of the molecule is CC1CCCN(C(=O)C2CCN(C(=O)C(C)(C)N)CC2)C1. The Morgan fingerprint density at radius 1 is 1.05 bits per heavy atom. The Morgan fingerprint density at radius 2 is 1.67 bits per heavy atom. The molecule has 0 spiro atoms. The summed E-state index contributed by atoms with van der Waals surface area (Å²) in [5.74, 6) is 0.975. The molecular weight excluding hydrogens is 266 g/mol. The fourth-order valence-electron chi connectivity index (χ4n) is 3.38. The van der Waals surface area contributed by atoms with E-state index in [1.54, 1.807) is 13.8 Å². The first-order chi connectivity index (χ1) is 9.79. The zero-order valence-corrected chi connectivity index (χ0v) is 13.6. The molecule has 0 saturated carbocycles. The Bertz CT molecular complexity index is 395. The van der Waals surface area contributed by atoms with E-state index >= 15 is 0 Å². The van der Waals surface area contributed by atoms with Crippen molar-refractivity contribution in [2.75, 3.05) is 26.2 Å². The zero-order chi connectivity index (χ0) is 15.6. The minimum Gasteiger partial charge on any atom is -0.342 e. The first-order valence-corrected chi connectivity index (χ1v) is 8.16. The smallest absolute Gasteiger partial charge is 0.242 e. The molecule has 2 aliphatic heterocycles. The van der Waals surface area contributed by atoms with E-state index in [9.17, 15) is 9.59 Å². The lowest BCUT2D eigenvalue weighted by Crippen LogP contribution is -2.54. The van der Waals surface area contributed by atoms with Crippen molar-refractivity contribution < 1.29 is 9.59 Å². The third-order valence-electron chi connectivity index (χ3n) is 4.65. The van der Waals surface area contributed by atoms with E-state index in [1.165, 1.54) is 6.42 Å². The van der Waals surface area contributed by atoms with Gasteiger partial charge in [0.25, 0.3) is 0 Å². The summed E-state index contributed by atoms with van der Waals surface area (Å²) in [6.07, 6.45) is 3.88. The van der Waals surface area contributed by atoms with Crippen LogP contribution in [0.4, 0.5) is 0 Å². The average molecular weight is 295 g/mol. The van der Waals surface area contributed by atoms with Crippen molar-refractivity contribution >= 4 is 11.8 Å². The molecule has 1 unspecified atom stereocenters. The molecule has 2 aliphatic rings. The van der Waals surface area contributed by atoms with Crippen LogP contribution in [0.3, 0.4) is 0 Å². The second-order valence-corrected chi connectivity index (χ2v) is 7.32. The molecule has 0 aromatic rings. The number of hydrogen-bond acceptors (Lipinski definition) is 3. The Balaban J connectivity index is 1.86. The van der Waals surface area contributed by atoms with E-state index in [4.69, 9.17) is 5.73 Å². The highest BCUT2D eigenvalue weighted by Gasteiger charge is 2.34. The maximum atomic E-state index is 12.6. The van der Waals surface area contributed by atoms with Gasteiger partial charge in [0, 0.05) is 32.1 Å². The van der Waals surface area contributed by atoms with Gasteiger partial charge in [-0.1, -0.05) is 6.92 Å². The second kappa shape index (κ2) is 6.34. The fraction of sp³-hybridized carbons (Fsp3) is 0.875. The predicted octanol–water partition coefficient (Wildman–Crippen LogP) is 1.22. The molecule has 5 heteroatoms. The monoisotopic (exact) mass is 295 g/mol. The molecule has 2 rings (SSSR count). The number of nitrogens with zero attached hydrogens (tertiary/aromatic N) is 2. The number of hydrogen-bond donors (Lipinski definition) is 1. The lowest BCUT2D eigenvalue weighted by Gasteiger charge is -2.38. The Labute approximate surface area is 127 Å². The molecule has 0 bridgehead atoms. The molecule has 2 heterocycles. The molecule has 2 saturated heterocycles. The quantitative estimate of drug-likeness (QED) is 0.833. The minimum atomic E-state index is -0.820. The van der Waals surface area contributed by atoms with Crippen LogP contribution >= 0.6 is 0 Å². The summed E-state index contributed by atoms with van der Waals surface area (Å²) < 4.78 is 0. The predicted molar refractivity (Wildman–Crippen MR) is 82.5 cm³/mol. The van der Waals surface area contributed by atoms with Crippen molar-refractivity contribution in [3.05, 3.63) is 0 Å². The summed E-state index contributed by atoms with van der Waals surface area (Å²) in [6, 6.07) is 0. The molecule has 21 heavy (non-hydrogen) atoms. The van der Waals surface area contributed by atoms with E-state index in [-0.39, 0.29) is 11.8 Å². The Morgan fingerprint density at radius 3 is 2.19 bits per heavy atom. The van der Waals surface area contributed by atoms with Crippen LogP contribution < -0.4 is 5.73 Å². The van der Waals surface area contributed by atoms with Crippen LogP contribution in [0.2, 0.25) is 0 Å². The van der Waals surface area contributed by atoms with Crippen LogP contribution in [0.5, 0.6) is 0 Å². The maximum absolute atomic E-state index is 12.6. The van der Waals surface area contributed by atoms with Gasteiger partial charge in [-0.3, -0.25) is 9.59 Å². The molecule has 0 aromatic carbocycles. The Hall–Kier alpha value is -1.10. The summed E-state index contributed by atoms with van der Waals surface area (Å²) in [6.45, 7) is 8.79. The Kier molecular flexibility index (Phi) is 4.91. The van der Waals surface area contributed by atoms with Gasteiger partial charge >= 0.3 is 0 Å². The third-order valence-corrected chi connectivity index (χ3v) is 4.65. The second-order valence-electron chi connectivity index (χ2n) is 7.32. The van der Waals surface area contributed by atoms with Gasteiger partial charge in [-0.2, -0.15) is 0 Å². The van der Waals surface area contributed by atoms with Crippen LogP contribution in [-0.4, -0.2) is 53.3 Å². The van der Waals surface area contributed by atoms with Crippen LogP contribution in [0.15, 0.2) is 0 Å². The number of carbonyl (C=O) groups is 2. The van der Waals surface area contributed by atoms with Crippen LogP contribution in [-0.2, 0) is 9.59 Å². The van der Waals surface area contributed by atoms with Crippen LogP contribution in [0.25, 0.3) is 0 Å². The van der Waals surface area contributed by atoms with Gasteiger partial charge in [0.1, 0.15) is 0 Å². The van der Waals surface area contributed by atoms with E-state index in [2.05, 4.69) is 6.92 Å². The third kappa shape index (κ3) is 3.96. The summed E-state index contributed by atoms with van der Waals surface area (Å²) in [4.78, 5) is 28.6. The number of carbonyl (C=O) groups excluding carboxylic acids is 2. The number of piperidine rings is 2. The lowest BCUT2D eigenvalue weighted by molar-refractivity contribution is -0.143. The largest absolute Gasteiger partial charge is 0.342 e. The highest BCUT2D eigenvalue weighted by Crippen LogP contribution is 2.24. The van der Waals surface area contributed by atoms with Gasteiger partial charge in [-0.15, -0.1) is 0 Å². The number of nitrogens with two attached hydrogens (primary N) is 1. The van der Waals surface area contributed by atoms with E-state index < -0.39 is 5.54 Å². The summed E-state index contributed by atoms with van der Waals surface area (Å²) in [7, 11) is 0. The van der Waals surface area contributed by atoms with Crippen molar-refractivity contribution in [2.24, 2.45) is 17.6 Å². The topological polar surface area (TPSA) is 66.6 Å². The molecule has 120 valence electrons. The molecule has 2 amide bonds. The first-order valence-electron chi connectivity index (χ1n) is 8.16. The van der Waals surface area contributed by atoms with Crippen LogP contribution in [0.1, 0.15) is 46.5 Å². The molecule has 1 atom stereocenters. The maximum Gasteiger partial charge on any atom is 0.242 e. The van der Waals surface area contributed by atoms with E-state index in [0.717, 1.165) is 32.4 Å². The van der Waals surface area contributed by atoms with Gasteiger partial charge in [0.2, 0.25) is 11.8 Å². The average Bonchev–Trinajstić information content (AvgIpc) is 2.45. The van der Waals surface area contributed by atoms with Gasteiger partial charge < -0.3 is 15.5 Å². The van der Waals surface area contributed by atoms with Crippen molar-refractivity contribution in [1.82, 2.24) is 9.80 Å². The van der Waals surface area contributed by atoms with Crippen molar-refractivity contribution in [3.63, 3.8) is 0 Å². The summed E-state index contributed by atoms with van der Waals surface area (Å²) in [5.41, 5.74) is 5.05. The van der Waals surface area contributed by atoms with E-state index in [1.807, 2.05) is 9.80 Å². The standard InChI is InChI=1S/C16H29N3O2/c1-12-5-4-8-19(11-12)14(20)13-6-9-18(10-7-13)15(21)16(2,3)17/h12-13H,4-11,17H2,1-3H3. The van der Waals surface area contributed by atoms with Gasteiger partial charge in [0.15, 0.2) is 0 Å². The van der Waals surface area contributed by atoms with E-state index in [0.29, 0.717) is 24.9 Å². The highest BCUT2D eigenvalue weighted by molar-refractivity contribution is 5.85. The van der Waals surface area contributed by atoms with Gasteiger partial charge in [-0.25, -0.2) is 0 Å². The minimum absolute atomic E-state index is 0.0139. The molecule has 2 fully saturated rings. The molecular formula is C16H29N3O2. The summed E-state index contributed by atoms with van der Waals surface area (Å²) >= 11 is 0. The van der Waals surface area contributed by atoms with Gasteiger partial charge in [-0.05, 0) is 45.4 Å². The lowest BCUT2D eigenvalue weighted by atomic mass is 9.92. The summed E-state index contributed by atoms with van der Waals surface area (Å²) in [5, 5.41) is 0. The number of likely N-dealkylation sites (tertiary alicyclic amines) is 2. The number of amides is 2. The molecule has 5 nitrogen and oxygen atoms in total. The molecule has 0 radical (unpaired) electrons. The van der Waals surface area contributed by atoms with Crippen molar-refractivity contribution in [2.45, 2.75) is 52.0 Å². The molecule has 0 aromatic heterocycles. The zero-order valence-electron chi connectivity index (χ0n) is 13.6. The van der Waals surface area contributed by atoms with Crippen LogP contribution in [0, 0.1) is 11.8 Å². The molecule has 0 aliphatic carbocycles. The van der Waals surface area contributed by atoms with Crippen molar-refractivity contribution in [3.8, 4) is 0 Å². The molecule has 2 N–H and O–H groups in total. The number of rotatable bonds is 2.